The lowest BCUT2D eigenvalue weighted by Crippen LogP contribution is -2.09. The molecule has 17 heavy (non-hydrogen) atoms. The van der Waals surface area contributed by atoms with Gasteiger partial charge in [0.25, 0.3) is 0 Å². The highest BCUT2D eigenvalue weighted by Crippen LogP contribution is 2.24. The summed E-state index contributed by atoms with van der Waals surface area (Å²) < 4.78 is 6.69. The maximum atomic E-state index is 5.65. The van der Waals surface area contributed by atoms with Crippen LogP contribution in [0.1, 0.15) is 26.7 Å². The minimum atomic E-state index is 0.156. The van der Waals surface area contributed by atoms with Crippen LogP contribution in [0.15, 0.2) is 33.2 Å². The van der Waals surface area contributed by atoms with Crippen molar-refractivity contribution < 1.29 is 4.42 Å². The lowest BCUT2D eigenvalue weighted by molar-refractivity contribution is 0.357. The van der Waals surface area contributed by atoms with Crippen molar-refractivity contribution in [3.8, 4) is 11.5 Å². The molecular weight excluding hydrogens is 280 g/mol. The average Bonchev–Trinajstić information content (AvgIpc) is 2.64. The van der Waals surface area contributed by atoms with Crippen LogP contribution in [0, 0.1) is 5.41 Å². The number of aromatic nitrogens is 2. The van der Waals surface area contributed by atoms with Gasteiger partial charge in [0.1, 0.15) is 0 Å². The molecule has 2 aromatic rings. The first-order valence-electron chi connectivity index (χ1n) is 5.52. The molecule has 0 N–H and O–H groups in total. The summed E-state index contributed by atoms with van der Waals surface area (Å²) in [6.45, 7) is 6.45. The van der Waals surface area contributed by atoms with Gasteiger partial charge in [-0.15, -0.1) is 10.2 Å². The fraction of sp³-hybridized carbons (Fsp3) is 0.385. The molecule has 3 nitrogen and oxygen atoms in total. The van der Waals surface area contributed by atoms with Gasteiger partial charge in [0.15, 0.2) is 0 Å². The first-order valence-corrected chi connectivity index (χ1v) is 6.32. The van der Waals surface area contributed by atoms with Gasteiger partial charge in [-0.05, 0) is 29.7 Å². The third-order valence-corrected chi connectivity index (χ3v) is 2.77. The summed E-state index contributed by atoms with van der Waals surface area (Å²) in [6.07, 6.45) is 0.788. The standard InChI is InChI=1S/C13H15BrN2O/c1-13(2,3)8-11-15-16-12(17-11)9-4-6-10(14)7-5-9/h4-7H,8H2,1-3H3. The van der Waals surface area contributed by atoms with Gasteiger partial charge in [-0.1, -0.05) is 36.7 Å². The maximum absolute atomic E-state index is 5.65. The molecule has 0 spiro atoms. The zero-order chi connectivity index (χ0) is 12.5. The van der Waals surface area contributed by atoms with E-state index in [1.165, 1.54) is 0 Å². The fourth-order valence-corrected chi connectivity index (χ4v) is 1.75. The predicted molar refractivity (Wildman–Crippen MR) is 70.6 cm³/mol. The first kappa shape index (κ1) is 12.3. The van der Waals surface area contributed by atoms with Crippen LogP contribution >= 0.6 is 15.9 Å². The van der Waals surface area contributed by atoms with Crippen molar-refractivity contribution in [2.24, 2.45) is 5.41 Å². The van der Waals surface area contributed by atoms with Gasteiger partial charge in [-0.2, -0.15) is 0 Å². The van der Waals surface area contributed by atoms with E-state index in [9.17, 15) is 0 Å². The summed E-state index contributed by atoms with van der Waals surface area (Å²) in [4.78, 5) is 0. The summed E-state index contributed by atoms with van der Waals surface area (Å²) in [5.74, 6) is 1.27. The molecule has 0 atom stereocenters. The topological polar surface area (TPSA) is 38.9 Å². The molecular formula is C13H15BrN2O. The summed E-state index contributed by atoms with van der Waals surface area (Å²) >= 11 is 3.40. The third kappa shape index (κ3) is 3.40. The molecule has 2 rings (SSSR count). The zero-order valence-electron chi connectivity index (χ0n) is 10.2. The van der Waals surface area contributed by atoms with Crippen molar-refractivity contribution in [3.63, 3.8) is 0 Å². The summed E-state index contributed by atoms with van der Waals surface area (Å²) in [6, 6.07) is 7.84. The first-order chi connectivity index (χ1) is 7.94. The van der Waals surface area contributed by atoms with E-state index in [1.807, 2.05) is 24.3 Å². The molecule has 0 aliphatic carbocycles. The van der Waals surface area contributed by atoms with Gasteiger partial charge in [0, 0.05) is 16.5 Å². The van der Waals surface area contributed by atoms with Crippen LogP contribution < -0.4 is 0 Å². The Bertz CT molecular complexity index is 497. The van der Waals surface area contributed by atoms with E-state index in [-0.39, 0.29) is 5.41 Å². The highest BCUT2D eigenvalue weighted by molar-refractivity contribution is 9.10. The summed E-state index contributed by atoms with van der Waals surface area (Å²) in [5.41, 5.74) is 1.10. The highest BCUT2D eigenvalue weighted by Gasteiger charge is 2.16. The van der Waals surface area contributed by atoms with Gasteiger partial charge >= 0.3 is 0 Å². The van der Waals surface area contributed by atoms with Crippen LogP contribution in [0.4, 0.5) is 0 Å². The maximum Gasteiger partial charge on any atom is 0.247 e. The molecule has 0 radical (unpaired) electrons. The molecule has 1 aromatic heterocycles. The molecule has 0 amide bonds. The Morgan fingerprint density at radius 1 is 1.12 bits per heavy atom. The van der Waals surface area contributed by atoms with Crippen molar-refractivity contribution in [3.05, 3.63) is 34.6 Å². The third-order valence-electron chi connectivity index (χ3n) is 2.24. The van der Waals surface area contributed by atoms with Gasteiger partial charge in [0.2, 0.25) is 11.8 Å². The molecule has 0 saturated carbocycles. The zero-order valence-corrected chi connectivity index (χ0v) is 11.8. The molecule has 0 aliphatic rings. The lowest BCUT2D eigenvalue weighted by atomic mass is 9.92. The number of nitrogens with zero attached hydrogens (tertiary/aromatic N) is 2. The van der Waals surface area contributed by atoms with Crippen LogP contribution in [0.2, 0.25) is 0 Å². The quantitative estimate of drug-likeness (QED) is 0.837. The van der Waals surface area contributed by atoms with Crippen LogP contribution in [0.5, 0.6) is 0 Å². The monoisotopic (exact) mass is 294 g/mol. The van der Waals surface area contributed by atoms with E-state index >= 15 is 0 Å². The minimum absolute atomic E-state index is 0.156. The molecule has 90 valence electrons. The van der Waals surface area contributed by atoms with Crippen molar-refractivity contribution in [1.29, 1.82) is 0 Å². The van der Waals surface area contributed by atoms with Crippen LogP contribution in [0.25, 0.3) is 11.5 Å². The molecule has 0 saturated heterocycles. The van der Waals surface area contributed by atoms with Gasteiger partial charge in [-0.25, -0.2) is 0 Å². The summed E-state index contributed by atoms with van der Waals surface area (Å²) in [7, 11) is 0. The smallest absolute Gasteiger partial charge is 0.247 e. The second-order valence-electron chi connectivity index (χ2n) is 5.25. The van der Waals surface area contributed by atoms with E-state index in [2.05, 4.69) is 46.9 Å². The molecule has 0 aliphatic heterocycles. The Labute approximate surface area is 109 Å². The normalized spacial score (nSPS) is 11.8. The number of hydrogen-bond donors (Lipinski definition) is 0. The molecule has 1 aromatic carbocycles. The van der Waals surface area contributed by atoms with E-state index < -0.39 is 0 Å². The Hall–Kier alpha value is -1.16. The van der Waals surface area contributed by atoms with Gasteiger partial charge in [0.05, 0.1) is 0 Å². The minimum Gasteiger partial charge on any atom is -0.421 e. The van der Waals surface area contributed by atoms with Crippen molar-refractivity contribution in [1.82, 2.24) is 10.2 Å². The highest BCUT2D eigenvalue weighted by atomic mass is 79.9. The SMILES string of the molecule is CC(C)(C)Cc1nnc(-c2ccc(Br)cc2)o1. The lowest BCUT2D eigenvalue weighted by Gasteiger charge is -2.14. The molecule has 4 heteroatoms. The van der Waals surface area contributed by atoms with Gasteiger partial charge < -0.3 is 4.42 Å². The van der Waals surface area contributed by atoms with E-state index in [4.69, 9.17) is 4.42 Å². The van der Waals surface area contributed by atoms with E-state index in [0.29, 0.717) is 11.8 Å². The Morgan fingerprint density at radius 3 is 2.35 bits per heavy atom. The number of benzene rings is 1. The molecule has 1 heterocycles. The average molecular weight is 295 g/mol. The van der Waals surface area contributed by atoms with Crippen LogP contribution in [0.3, 0.4) is 0 Å². The summed E-state index contributed by atoms with van der Waals surface area (Å²) in [5, 5.41) is 8.14. The Balaban J connectivity index is 2.21. The number of rotatable bonds is 2. The second-order valence-corrected chi connectivity index (χ2v) is 6.16. The predicted octanol–water partition coefficient (Wildman–Crippen LogP) is 4.09. The van der Waals surface area contributed by atoms with E-state index in [1.54, 1.807) is 0 Å². The van der Waals surface area contributed by atoms with Crippen LogP contribution in [-0.2, 0) is 6.42 Å². The van der Waals surface area contributed by atoms with Gasteiger partial charge in [-0.3, -0.25) is 0 Å². The molecule has 0 fully saturated rings. The number of halogens is 1. The second kappa shape index (κ2) is 4.61. The van der Waals surface area contributed by atoms with Crippen LogP contribution in [-0.4, -0.2) is 10.2 Å². The number of hydrogen-bond acceptors (Lipinski definition) is 3. The Kier molecular flexibility index (Phi) is 3.33. The fourth-order valence-electron chi connectivity index (χ4n) is 1.49. The van der Waals surface area contributed by atoms with Crippen molar-refractivity contribution in [2.75, 3.05) is 0 Å². The Morgan fingerprint density at radius 2 is 1.76 bits per heavy atom. The van der Waals surface area contributed by atoms with Crippen molar-refractivity contribution >= 4 is 15.9 Å². The van der Waals surface area contributed by atoms with Crippen molar-refractivity contribution in [2.45, 2.75) is 27.2 Å². The molecule has 0 bridgehead atoms. The molecule has 0 unspecified atom stereocenters. The largest absolute Gasteiger partial charge is 0.421 e. The van der Waals surface area contributed by atoms with E-state index in [0.717, 1.165) is 16.5 Å².